The first kappa shape index (κ1) is 15.7. The molecular formula is C5H15NO2. The van der Waals surface area contributed by atoms with Crippen molar-refractivity contribution in [3.05, 3.63) is 0 Å². The molecule has 0 aromatic heterocycles. The summed E-state index contributed by atoms with van der Waals surface area (Å²) < 4.78 is 0. The van der Waals surface area contributed by atoms with Crippen molar-refractivity contribution in [2.75, 3.05) is 0 Å². The second kappa shape index (κ2) is 32.1. The van der Waals surface area contributed by atoms with E-state index < -0.39 is 0 Å². The van der Waals surface area contributed by atoms with E-state index in [2.05, 4.69) is 13.8 Å². The van der Waals surface area contributed by atoms with Crippen LogP contribution in [0, 0.1) is 0 Å². The molecule has 0 aliphatic rings. The van der Waals surface area contributed by atoms with Crippen LogP contribution in [0.4, 0.5) is 0 Å². The maximum absolute atomic E-state index is 8.36. The molecule has 3 heteroatoms. The van der Waals surface area contributed by atoms with Crippen LogP contribution in [0.3, 0.4) is 0 Å². The van der Waals surface area contributed by atoms with Crippen molar-refractivity contribution in [3.63, 3.8) is 0 Å². The minimum absolute atomic E-state index is 0. The van der Waals surface area contributed by atoms with Gasteiger partial charge in [0.15, 0.2) is 0 Å². The Morgan fingerprint density at radius 1 is 1.38 bits per heavy atom. The number of carboxylic acid groups (broad SMARTS) is 1. The Balaban J connectivity index is -0.0000000575. The van der Waals surface area contributed by atoms with Crippen molar-refractivity contribution >= 4 is 6.47 Å². The van der Waals surface area contributed by atoms with E-state index in [0.717, 1.165) is 0 Å². The van der Waals surface area contributed by atoms with E-state index in [1.807, 2.05) is 0 Å². The molecule has 0 aliphatic heterocycles. The molecule has 0 fully saturated rings. The zero-order valence-corrected chi connectivity index (χ0v) is 5.55. The van der Waals surface area contributed by atoms with E-state index in [1.165, 1.54) is 12.8 Å². The van der Waals surface area contributed by atoms with Gasteiger partial charge < -0.3 is 11.3 Å². The summed E-state index contributed by atoms with van der Waals surface area (Å²) in [6.07, 6.45) is 2.64. The molecule has 0 radical (unpaired) electrons. The minimum atomic E-state index is -0.250. The van der Waals surface area contributed by atoms with Crippen LogP contribution < -0.4 is 6.15 Å². The van der Waals surface area contributed by atoms with Crippen LogP contribution in [0.2, 0.25) is 0 Å². The lowest BCUT2D eigenvalue weighted by Gasteiger charge is -1.68. The van der Waals surface area contributed by atoms with Gasteiger partial charge in [-0.15, -0.1) is 0 Å². The molecule has 0 aromatic rings. The molecular weight excluding hydrogens is 106 g/mol. The molecule has 0 bridgehead atoms. The summed E-state index contributed by atoms with van der Waals surface area (Å²) in [5.41, 5.74) is 0. The summed E-state index contributed by atoms with van der Waals surface area (Å²) in [5, 5.41) is 6.89. The SMILES string of the molecule is CCCC.N.O=CO. The van der Waals surface area contributed by atoms with Gasteiger partial charge >= 0.3 is 0 Å². The van der Waals surface area contributed by atoms with Gasteiger partial charge in [0.2, 0.25) is 0 Å². The van der Waals surface area contributed by atoms with Crippen LogP contribution >= 0.6 is 0 Å². The molecule has 0 unspecified atom stereocenters. The Bertz CT molecular complexity index is 29.6. The van der Waals surface area contributed by atoms with Gasteiger partial charge in [-0.1, -0.05) is 26.7 Å². The summed E-state index contributed by atoms with van der Waals surface area (Å²) in [6, 6.07) is 0. The fraction of sp³-hybridized carbons (Fsp3) is 0.800. The third-order valence-corrected chi connectivity index (χ3v) is 0.500. The van der Waals surface area contributed by atoms with Crippen molar-refractivity contribution in [2.24, 2.45) is 0 Å². The Hall–Kier alpha value is -0.570. The highest BCUT2D eigenvalue weighted by Crippen LogP contribution is 1.76. The Morgan fingerprint density at radius 2 is 1.50 bits per heavy atom. The Labute approximate surface area is 50.3 Å². The first-order valence-corrected chi connectivity index (χ1v) is 2.41. The van der Waals surface area contributed by atoms with Crippen LogP contribution in [0.1, 0.15) is 26.7 Å². The number of hydrogen-bond donors (Lipinski definition) is 2. The lowest BCUT2D eigenvalue weighted by atomic mass is 10.4. The third kappa shape index (κ3) is 576. The van der Waals surface area contributed by atoms with E-state index >= 15 is 0 Å². The van der Waals surface area contributed by atoms with Crippen molar-refractivity contribution in [2.45, 2.75) is 26.7 Å². The van der Waals surface area contributed by atoms with Gasteiger partial charge in [-0.05, 0) is 0 Å². The molecule has 4 N–H and O–H groups in total. The molecule has 3 nitrogen and oxygen atoms in total. The summed E-state index contributed by atoms with van der Waals surface area (Å²) >= 11 is 0. The quantitative estimate of drug-likeness (QED) is 0.518. The van der Waals surface area contributed by atoms with Gasteiger partial charge in [-0.25, -0.2) is 0 Å². The third-order valence-electron chi connectivity index (χ3n) is 0.500. The largest absolute Gasteiger partial charge is 0.483 e. The monoisotopic (exact) mass is 121 g/mol. The predicted octanol–water partition coefficient (Wildman–Crippen LogP) is 1.67. The average Bonchev–Trinajstić information content (AvgIpc) is 1.69. The van der Waals surface area contributed by atoms with Gasteiger partial charge in [-0.2, -0.15) is 0 Å². The predicted molar refractivity (Wildman–Crippen MR) is 34.3 cm³/mol. The average molecular weight is 121 g/mol. The minimum Gasteiger partial charge on any atom is -0.483 e. The number of unbranched alkanes of at least 4 members (excludes halogenated alkanes) is 1. The normalized spacial score (nSPS) is 5.25. The zero-order chi connectivity index (χ0) is 6.12. The van der Waals surface area contributed by atoms with Crippen LogP contribution in [-0.4, -0.2) is 11.6 Å². The molecule has 0 heterocycles. The van der Waals surface area contributed by atoms with Crippen LogP contribution in [0.5, 0.6) is 0 Å². The highest BCUT2D eigenvalue weighted by atomic mass is 16.3. The summed E-state index contributed by atoms with van der Waals surface area (Å²) in [7, 11) is 0. The summed E-state index contributed by atoms with van der Waals surface area (Å²) in [4.78, 5) is 8.36. The second-order valence-electron chi connectivity index (χ2n) is 1.11. The maximum atomic E-state index is 8.36. The standard InChI is InChI=1S/C4H10.CH2O2.H3N/c1-3-4-2;2-1-3;/h3-4H2,1-2H3;1H,(H,2,3);1H3. The number of rotatable bonds is 1. The first-order chi connectivity index (χ1) is 3.33. The smallest absolute Gasteiger partial charge is 0.290 e. The van der Waals surface area contributed by atoms with E-state index in [-0.39, 0.29) is 12.6 Å². The molecule has 0 saturated carbocycles. The topological polar surface area (TPSA) is 72.3 Å². The lowest BCUT2D eigenvalue weighted by Crippen LogP contribution is -1.49. The van der Waals surface area contributed by atoms with Crippen molar-refractivity contribution in [1.29, 1.82) is 0 Å². The zero-order valence-electron chi connectivity index (χ0n) is 5.55. The van der Waals surface area contributed by atoms with Gasteiger partial charge in [0.05, 0.1) is 0 Å². The van der Waals surface area contributed by atoms with E-state index in [9.17, 15) is 0 Å². The molecule has 52 valence electrons. The van der Waals surface area contributed by atoms with E-state index in [1.54, 1.807) is 0 Å². The van der Waals surface area contributed by atoms with E-state index in [0.29, 0.717) is 0 Å². The molecule has 0 rings (SSSR count). The number of carbonyl (C=O) groups is 1. The molecule has 0 amide bonds. The highest BCUT2D eigenvalue weighted by molar-refractivity contribution is 5.32. The van der Waals surface area contributed by atoms with Gasteiger partial charge in [0.1, 0.15) is 0 Å². The molecule has 8 heavy (non-hydrogen) atoms. The van der Waals surface area contributed by atoms with Crippen molar-refractivity contribution in [3.8, 4) is 0 Å². The first-order valence-electron chi connectivity index (χ1n) is 2.41. The van der Waals surface area contributed by atoms with Crippen molar-refractivity contribution in [1.82, 2.24) is 6.15 Å². The molecule has 0 saturated heterocycles. The molecule has 0 spiro atoms. The van der Waals surface area contributed by atoms with Crippen molar-refractivity contribution < 1.29 is 9.90 Å². The Morgan fingerprint density at radius 3 is 1.50 bits per heavy atom. The summed E-state index contributed by atoms with van der Waals surface area (Å²) in [5.74, 6) is 0. The van der Waals surface area contributed by atoms with Crippen LogP contribution in [0.25, 0.3) is 0 Å². The summed E-state index contributed by atoms with van der Waals surface area (Å²) in [6.45, 7) is 4.11. The fourth-order valence-corrected chi connectivity index (χ4v) is 0. The lowest BCUT2D eigenvalue weighted by molar-refractivity contribution is -0.122. The molecule has 0 atom stereocenters. The highest BCUT2D eigenvalue weighted by Gasteiger charge is 1.56. The molecule has 0 aliphatic carbocycles. The van der Waals surface area contributed by atoms with Crippen LogP contribution in [-0.2, 0) is 4.79 Å². The Kier molecular flexibility index (Phi) is 62.8. The maximum Gasteiger partial charge on any atom is 0.290 e. The van der Waals surface area contributed by atoms with E-state index in [4.69, 9.17) is 9.90 Å². The van der Waals surface area contributed by atoms with Gasteiger partial charge in [-0.3, -0.25) is 4.79 Å². The van der Waals surface area contributed by atoms with Gasteiger partial charge in [0, 0.05) is 0 Å². The van der Waals surface area contributed by atoms with Crippen LogP contribution in [0.15, 0.2) is 0 Å². The second-order valence-corrected chi connectivity index (χ2v) is 1.11. The number of hydrogen-bond acceptors (Lipinski definition) is 2. The van der Waals surface area contributed by atoms with Gasteiger partial charge in [0.25, 0.3) is 6.47 Å². The molecule has 0 aromatic carbocycles. The fourth-order valence-electron chi connectivity index (χ4n) is 0.